The number of esters is 4. The molecule has 0 heterocycles. The number of aliphatic hydroxyl groups is 1. The molecule has 0 fully saturated rings. The summed E-state index contributed by atoms with van der Waals surface area (Å²) in [5.74, 6) is -0.457. The molecule has 19 heteroatoms. The van der Waals surface area contributed by atoms with Crippen LogP contribution in [0.25, 0.3) is 0 Å². The second-order valence-electron chi connectivity index (χ2n) is 30.4. The van der Waals surface area contributed by atoms with Crippen molar-refractivity contribution in [2.75, 3.05) is 39.6 Å². The zero-order chi connectivity index (χ0) is 74.9. The van der Waals surface area contributed by atoms with E-state index in [1.165, 1.54) is 250 Å². The van der Waals surface area contributed by atoms with Crippen molar-refractivity contribution < 1.29 is 80.2 Å². The molecule has 0 aliphatic rings. The molecule has 0 amide bonds. The predicted molar refractivity (Wildman–Crippen MR) is 418 cm³/mol. The van der Waals surface area contributed by atoms with Crippen LogP contribution in [-0.4, -0.2) is 96.7 Å². The fourth-order valence-corrected chi connectivity index (χ4v) is 14.4. The number of carbonyl (C=O) groups excluding carboxylic acids is 4. The summed E-state index contributed by atoms with van der Waals surface area (Å²) in [7, 11) is -9.92. The van der Waals surface area contributed by atoms with E-state index < -0.39 is 97.5 Å². The number of aliphatic hydroxyl groups excluding tert-OH is 1. The lowest BCUT2D eigenvalue weighted by Gasteiger charge is -2.21. The topological polar surface area (TPSA) is 237 Å². The minimum absolute atomic E-state index is 0.106. The molecule has 102 heavy (non-hydrogen) atoms. The van der Waals surface area contributed by atoms with E-state index >= 15 is 0 Å². The summed E-state index contributed by atoms with van der Waals surface area (Å²) in [6, 6.07) is 0. The molecule has 0 aromatic rings. The van der Waals surface area contributed by atoms with Gasteiger partial charge < -0.3 is 33.8 Å². The van der Waals surface area contributed by atoms with Crippen molar-refractivity contribution in [1.29, 1.82) is 0 Å². The lowest BCUT2D eigenvalue weighted by Crippen LogP contribution is -2.30. The summed E-state index contributed by atoms with van der Waals surface area (Å²) in [5, 5.41) is 10.6. The van der Waals surface area contributed by atoms with Crippen LogP contribution < -0.4 is 0 Å². The van der Waals surface area contributed by atoms with E-state index in [-0.39, 0.29) is 25.7 Å². The van der Waals surface area contributed by atoms with Crippen LogP contribution in [0.1, 0.15) is 440 Å². The van der Waals surface area contributed by atoms with Crippen molar-refractivity contribution >= 4 is 39.5 Å². The Morgan fingerprint density at radius 1 is 0.275 bits per heavy atom. The quantitative estimate of drug-likeness (QED) is 0.0222. The summed E-state index contributed by atoms with van der Waals surface area (Å²) in [6.45, 7) is 9.69. The highest BCUT2D eigenvalue weighted by atomic mass is 31.2. The van der Waals surface area contributed by atoms with E-state index in [4.69, 9.17) is 37.0 Å². The SMILES string of the molecule is CCCCCCCCCCCCCCCCCCCCCCCCC(=O)O[C@H](COC(=O)CCCCCCCCCCCCCCCCC(C)CC)COP(=O)(O)OC[C@@H](O)COP(=O)(O)OC[C@@H](COC(=O)CCCCCCCCCC)OC(=O)CCCCCCCCCCCCC(C)CC. The van der Waals surface area contributed by atoms with Gasteiger partial charge in [0.25, 0.3) is 0 Å². The van der Waals surface area contributed by atoms with Gasteiger partial charge in [-0.2, -0.15) is 0 Å². The standard InChI is InChI=1S/C83H162O17P2/c1-7-11-13-15-17-19-20-21-22-23-24-25-26-27-28-29-34-37-43-49-55-61-67-82(87)100-79(72-94-81(86)66-60-54-48-42-36-33-31-30-32-35-40-45-51-57-63-75(5)9-3)74-98-102(91,92)96-70-77(84)69-95-101(89,90)97-73-78(71-93-80(85)65-59-53-47-18-16-14-12-8-2)99-83(88)68-62-56-50-44-39-38-41-46-52-58-64-76(6)10-4/h75-79,84H,7-74H2,1-6H3,(H,89,90)(H,91,92)/t75?,76?,77-,78+,79+/m0/s1. The Morgan fingerprint density at radius 2 is 0.471 bits per heavy atom. The van der Waals surface area contributed by atoms with Crippen molar-refractivity contribution in [3.8, 4) is 0 Å². The second kappa shape index (κ2) is 74.5. The van der Waals surface area contributed by atoms with E-state index in [1.54, 1.807) is 0 Å². The first-order valence-electron chi connectivity index (χ1n) is 43.1. The number of rotatable bonds is 82. The fourth-order valence-electron chi connectivity index (χ4n) is 12.8. The lowest BCUT2D eigenvalue weighted by molar-refractivity contribution is -0.161. The largest absolute Gasteiger partial charge is 0.472 e. The van der Waals surface area contributed by atoms with Crippen LogP contribution in [-0.2, 0) is 65.4 Å². The molecular formula is C83H162O17P2. The van der Waals surface area contributed by atoms with Gasteiger partial charge in [-0.25, -0.2) is 9.13 Å². The Balaban J connectivity index is 5.19. The summed E-state index contributed by atoms with van der Waals surface area (Å²) in [6.07, 6.45) is 65.3. The molecule has 0 saturated carbocycles. The Kier molecular flexibility index (Phi) is 73.1. The minimum atomic E-state index is -4.96. The maximum atomic E-state index is 13.1. The third kappa shape index (κ3) is 73.6. The second-order valence-corrected chi connectivity index (χ2v) is 33.3. The molecule has 0 saturated heterocycles. The van der Waals surface area contributed by atoms with Crippen molar-refractivity contribution in [3.05, 3.63) is 0 Å². The molecule has 7 atom stereocenters. The number of ether oxygens (including phenoxy) is 4. The van der Waals surface area contributed by atoms with E-state index in [0.717, 1.165) is 108 Å². The van der Waals surface area contributed by atoms with Crippen molar-refractivity contribution in [1.82, 2.24) is 0 Å². The van der Waals surface area contributed by atoms with Gasteiger partial charge in [0.05, 0.1) is 26.4 Å². The predicted octanol–water partition coefficient (Wildman–Crippen LogP) is 25.1. The van der Waals surface area contributed by atoms with Gasteiger partial charge in [0.1, 0.15) is 19.3 Å². The number of phosphoric ester groups is 2. The summed E-state index contributed by atoms with van der Waals surface area (Å²) in [4.78, 5) is 73.0. The highest BCUT2D eigenvalue weighted by molar-refractivity contribution is 7.47. The third-order valence-corrected chi connectivity index (χ3v) is 22.1. The van der Waals surface area contributed by atoms with Crippen LogP contribution >= 0.6 is 15.6 Å². The van der Waals surface area contributed by atoms with Gasteiger partial charge in [0.2, 0.25) is 0 Å². The van der Waals surface area contributed by atoms with Crippen LogP contribution in [0.15, 0.2) is 0 Å². The minimum Gasteiger partial charge on any atom is -0.462 e. The average molecular weight is 1490 g/mol. The number of unbranched alkanes of at least 4 members (excludes halogenated alkanes) is 50. The van der Waals surface area contributed by atoms with E-state index in [2.05, 4.69) is 41.5 Å². The maximum Gasteiger partial charge on any atom is 0.472 e. The summed E-state index contributed by atoms with van der Waals surface area (Å²) >= 11 is 0. The van der Waals surface area contributed by atoms with Gasteiger partial charge in [-0.3, -0.25) is 37.3 Å². The Bertz CT molecular complexity index is 1960. The number of carbonyl (C=O) groups is 4. The summed E-state index contributed by atoms with van der Waals surface area (Å²) in [5.41, 5.74) is 0. The molecular weight excluding hydrogens is 1330 g/mol. The Hall–Kier alpha value is -1.94. The highest BCUT2D eigenvalue weighted by Crippen LogP contribution is 2.45. The molecule has 17 nitrogen and oxygen atoms in total. The molecule has 0 radical (unpaired) electrons. The highest BCUT2D eigenvalue weighted by Gasteiger charge is 2.30. The maximum absolute atomic E-state index is 13.1. The van der Waals surface area contributed by atoms with Crippen LogP contribution in [0.4, 0.5) is 0 Å². The van der Waals surface area contributed by atoms with Crippen LogP contribution in [0.2, 0.25) is 0 Å². The first-order chi connectivity index (χ1) is 49.4. The smallest absolute Gasteiger partial charge is 0.462 e. The van der Waals surface area contributed by atoms with E-state index in [9.17, 15) is 43.2 Å². The normalized spacial score (nSPS) is 14.4. The van der Waals surface area contributed by atoms with E-state index in [1.807, 2.05) is 0 Å². The van der Waals surface area contributed by atoms with Gasteiger partial charge in [-0.15, -0.1) is 0 Å². The molecule has 606 valence electrons. The Labute approximate surface area is 626 Å². The van der Waals surface area contributed by atoms with Crippen LogP contribution in [0, 0.1) is 11.8 Å². The van der Waals surface area contributed by atoms with E-state index in [0.29, 0.717) is 25.7 Å². The number of hydrogen-bond donors (Lipinski definition) is 3. The molecule has 3 N–H and O–H groups in total. The van der Waals surface area contributed by atoms with Crippen LogP contribution in [0.5, 0.6) is 0 Å². The van der Waals surface area contributed by atoms with Gasteiger partial charge in [0.15, 0.2) is 12.2 Å². The van der Waals surface area contributed by atoms with Crippen molar-refractivity contribution in [3.63, 3.8) is 0 Å². The van der Waals surface area contributed by atoms with Gasteiger partial charge in [0, 0.05) is 25.7 Å². The number of phosphoric acid groups is 2. The molecule has 0 aliphatic heterocycles. The number of hydrogen-bond acceptors (Lipinski definition) is 15. The molecule has 4 unspecified atom stereocenters. The fraction of sp³-hybridized carbons (Fsp3) is 0.952. The van der Waals surface area contributed by atoms with Gasteiger partial charge >= 0.3 is 39.5 Å². The van der Waals surface area contributed by atoms with Gasteiger partial charge in [-0.1, -0.05) is 388 Å². The molecule has 0 aromatic heterocycles. The Morgan fingerprint density at radius 3 is 0.696 bits per heavy atom. The molecule has 0 spiro atoms. The first-order valence-corrected chi connectivity index (χ1v) is 46.1. The molecule has 0 aliphatic carbocycles. The monoisotopic (exact) mass is 1490 g/mol. The summed E-state index contributed by atoms with van der Waals surface area (Å²) < 4.78 is 68.7. The first kappa shape index (κ1) is 100. The van der Waals surface area contributed by atoms with Crippen LogP contribution in [0.3, 0.4) is 0 Å². The lowest BCUT2D eigenvalue weighted by atomic mass is 9.99. The van der Waals surface area contributed by atoms with Gasteiger partial charge in [-0.05, 0) is 37.5 Å². The molecule has 0 aromatic carbocycles. The van der Waals surface area contributed by atoms with Crippen molar-refractivity contribution in [2.24, 2.45) is 11.8 Å². The molecule has 0 rings (SSSR count). The van der Waals surface area contributed by atoms with Crippen molar-refractivity contribution in [2.45, 2.75) is 458 Å². The third-order valence-electron chi connectivity index (χ3n) is 20.2. The zero-order valence-electron chi connectivity index (χ0n) is 66.9. The zero-order valence-corrected chi connectivity index (χ0v) is 68.7. The average Bonchev–Trinajstić information content (AvgIpc) is 0.915. The molecule has 0 bridgehead atoms.